The summed E-state index contributed by atoms with van der Waals surface area (Å²) in [5.41, 5.74) is 2.44. The van der Waals surface area contributed by atoms with Crippen LogP contribution in [0.15, 0.2) is 29.1 Å². The zero-order chi connectivity index (χ0) is 19.8. The van der Waals surface area contributed by atoms with Crippen molar-refractivity contribution in [2.24, 2.45) is 5.92 Å². The topological polar surface area (TPSA) is 58.2 Å². The number of fused-ring (bicyclic) bond motifs is 3. The fourth-order valence-corrected chi connectivity index (χ4v) is 5.32. The Morgan fingerprint density at radius 2 is 2.11 bits per heavy atom. The molecule has 1 aliphatic rings. The maximum atomic E-state index is 12.8. The number of hydrogen-bond acceptors (Lipinski definition) is 5. The van der Waals surface area contributed by atoms with Gasteiger partial charge in [0.1, 0.15) is 16.4 Å². The molecule has 148 valence electrons. The lowest BCUT2D eigenvalue weighted by atomic mass is 9.89. The van der Waals surface area contributed by atoms with Gasteiger partial charge < -0.3 is 9.72 Å². The Bertz CT molecular complexity index is 1040. The van der Waals surface area contributed by atoms with Crippen molar-refractivity contribution < 1.29 is 4.74 Å². The molecule has 0 saturated heterocycles. The normalized spacial score (nSPS) is 17.7. The third-order valence-electron chi connectivity index (χ3n) is 5.83. The number of aromatic nitrogens is 2. The van der Waals surface area contributed by atoms with Gasteiger partial charge in [0.25, 0.3) is 5.56 Å². The monoisotopic (exact) mass is 397 g/mol. The minimum absolute atomic E-state index is 0.0109. The van der Waals surface area contributed by atoms with E-state index < -0.39 is 0 Å². The summed E-state index contributed by atoms with van der Waals surface area (Å²) in [5, 5.41) is 0.820. The van der Waals surface area contributed by atoms with Crippen molar-refractivity contribution in [1.82, 2.24) is 14.9 Å². The van der Waals surface area contributed by atoms with Crippen LogP contribution in [0.2, 0.25) is 0 Å². The Hall–Kier alpha value is -2.18. The number of thiophene rings is 1. The van der Waals surface area contributed by atoms with Crippen LogP contribution in [0, 0.1) is 5.92 Å². The Kier molecular flexibility index (Phi) is 5.25. The number of aromatic amines is 1. The summed E-state index contributed by atoms with van der Waals surface area (Å²) < 4.78 is 5.22. The average molecular weight is 398 g/mol. The molecule has 0 spiro atoms. The van der Waals surface area contributed by atoms with Crippen molar-refractivity contribution in [2.45, 2.75) is 45.7 Å². The van der Waals surface area contributed by atoms with Crippen molar-refractivity contribution >= 4 is 21.6 Å². The van der Waals surface area contributed by atoms with E-state index in [0.717, 1.165) is 47.6 Å². The number of benzene rings is 1. The van der Waals surface area contributed by atoms with Gasteiger partial charge in [-0.05, 0) is 62.4 Å². The van der Waals surface area contributed by atoms with E-state index >= 15 is 0 Å². The van der Waals surface area contributed by atoms with Gasteiger partial charge in [-0.3, -0.25) is 9.69 Å². The average Bonchev–Trinajstić information content (AvgIpc) is 3.05. The maximum Gasteiger partial charge on any atom is 0.259 e. The molecule has 5 nitrogen and oxygen atoms in total. The fraction of sp³-hybridized carbons (Fsp3) is 0.455. The summed E-state index contributed by atoms with van der Waals surface area (Å²) in [6, 6.07) is 8.08. The van der Waals surface area contributed by atoms with Gasteiger partial charge in [-0.15, -0.1) is 11.3 Å². The largest absolute Gasteiger partial charge is 0.497 e. The molecule has 4 rings (SSSR count). The highest BCUT2D eigenvalue weighted by molar-refractivity contribution is 7.18. The van der Waals surface area contributed by atoms with Gasteiger partial charge in [-0.25, -0.2) is 4.98 Å². The predicted octanol–water partition coefficient (Wildman–Crippen LogP) is 4.31. The van der Waals surface area contributed by atoms with Crippen LogP contribution in [0.1, 0.15) is 48.1 Å². The second kappa shape index (κ2) is 7.68. The molecule has 0 radical (unpaired) electrons. The molecule has 1 aromatic carbocycles. The van der Waals surface area contributed by atoms with Gasteiger partial charge in [0.15, 0.2) is 0 Å². The highest BCUT2D eigenvalue weighted by atomic mass is 32.1. The molecule has 2 unspecified atom stereocenters. The first-order valence-corrected chi connectivity index (χ1v) is 10.7. The molecule has 0 bridgehead atoms. The fourth-order valence-electron chi connectivity index (χ4n) is 3.93. The minimum atomic E-state index is 0.0109. The lowest BCUT2D eigenvalue weighted by Gasteiger charge is -2.24. The molecule has 1 aliphatic carbocycles. The maximum absolute atomic E-state index is 12.8. The van der Waals surface area contributed by atoms with Gasteiger partial charge in [0.05, 0.1) is 18.5 Å². The first-order valence-electron chi connectivity index (χ1n) is 9.84. The number of nitrogens with one attached hydrogen (secondary N) is 1. The van der Waals surface area contributed by atoms with E-state index in [-0.39, 0.29) is 11.6 Å². The number of rotatable bonds is 5. The first kappa shape index (κ1) is 19.2. The summed E-state index contributed by atoms with van der Waals surface area (Å²) in [5.74, 6) is 2.28. The van der Waals surface area contributed by atoms with Crippen LogP contribution in [-0.4, -0.2) is 29.0 Å². The van der Waals surface area contributed by atoms with Gasteiger partial charge in [-0.2, -0.15) is 0 Å². The number of aryl methyl sites for hydroxylation is 1. The summed E-state index contributed by atoms with van der Waals surface area (Å²) in [4.78, 5) is 25.2. The van der Waals surface area contributed by atoms with Gasteiger partial charge >= 0.3 is 0 Å². The second-order valence-corrected chi connectivity index (χ2v) is 9.01. The molecule has 1 N–H and O–H groups in total. The predicted molar refractivity (Wildman–Crippen MR) is 114 cm³/mol. The molecule has 0 amide bonds. The first-order chi connectivity index (χ1) is 13.5. The van der Waals surface area contributed by atoms with Gasteiger partial charge in [0.2, 0.25) is 0 Å². The van der Waals surface area contributed by atoms with Gasteiger partial charge in [0, 0.05) is 11.4 Å². The molecule has 2 aromatic heterocycles. The van der Waals surface area contributed by atoms with E-state index in [9.17, 15) is 4.79 Å². The Labute approximate surface area is 169 Å². The number of nitrogens with zero attached hydrogens (tertiary/aromatic N) is 2. The number of methoxy groups -OCH3 is 1. The van der Waals surface area contributed by atoms with E-state index in [1.807, 2.05) is 12.1 Å². The summed E-state index contributed by atoms with van der Waals surface area (Å²) >= 11 is 1.71. The van der Waals surface area contributed by atoms with Crippen molar-refractivity contribution in [1.29, 1.82) is 0 Å². The molecular formula is C22H27N3O2S. The lowest BCUT2D eigenvalue weighted by molar-refractivity contribution is 0.244. The van der Waals surface area contributed by atoms with E-state index in [1.165, 1.54) is 16.0 Å². The van der Waals surface area contributed by atoms with Crippen molar-refractivity contribution in [3.05, 3.63) is 56.4 Å². The molecule has 0 aliphatic heterocycles. The Morgan fingerprint density at radius 1 is 1.36 bits per heavy atom. The van der Waals surface area contributed by atoms with E-state index in [1.54, 1.807) is 18.4 Å². The highest BCUT2D eigenvalue weighted by Gasteiger charge is 2.24. The van der Waals surface area contributed by atoms with Crippen LogP contribution < -0.4 is 10.3 Å². The molecule has 6 heteroatoms. The highest BCUT2D eigenvalue weighted by Crippen LogP contribution is 2.36. The standard InChI is InChI=1S/C22H27N3O2S/c1-13-5-10-17-18(11-13)28-22-19(17)21(26)23-20(24-22)14(2)25(3)12-15-6-8-16(27-4)9-7-15/h6-9,13-14H,5,10-12H2,1-4H3,(H,23,24,26). The number of hydrogen-bond donors (Lipinski definition) is 1. The van der Waals surface area contributed by atoms with Crippen LogP contribution in [0.5, 0.6) is 5.75 Å². The molecular weight excluding hydrogens is 370 g/mol. The van der Waals surface area contributed by atoms with Crippen LogP contribution in [0.4, 0.5) is 0 Å². The van der Waals surface area contributed by atoms with E-state index in [0.29, 0.717) is 5.92 Å². The summed E-state index contributed by atoms with van der Waals surface area (Å²) in [6.07, 6.45) is 3.21. The van der Waals surface area contributed by atoms with Gasteiger partial charge in [-0.1, -0.05) is 19.1 Å². The Morgan fingerprint density at radius 3 is 2.82 bits per heavy atom. The summed E-state index contributed by atoms with van der Waals surface area (Å²) in [6.45, 7) is 5.14. The van der Waals surface area contributed by atoms with Crippen LogP contribution >= 0.6 is 11.3 Å². The molecule has 0 fully saturated rings. The zero-order valence-electron chi connectivity index (χ0n) is 16.9. The van der Waals surface area contributed by atoms with Crippen LogP contribution in [0.3, 0.4) is 0 Å². The van der Waals surface area contributed by atoms with E-state index in [4.69, 9.17) is 9.72 Å². The van der Waals surface area contributed by atoms with E-state index in [2.05, 4.69) is 42.9 Å². The van der Waals surface area contributed by atoms with Crippen LogP contribution in [0.25, 0.3) is 10.2 Å². The van der Waals surface area contributed by atoms with Crippen molar-refractivity contribution in [3.63, 3.8) is 0 Å². The number of H-pyrrole nitrogens is 1. The molecule has 28 heavy (non-hydrogen) atoms. The molecule has 0 saturated carbocycles. The zero-order valence-corrected chi connectivity index (χ0v) is 17.7. The van der Waals surface area contributed by atoms with Crippen molar-refractivity contribution in [3.8, 4) is 5.75 Å². The quantitative estimate of drug-likeness (QED) is 0.697. The second-order valence-electron chi connectivity index (χ2n) is 7.92. The smallest absolute Gasteiger partial charge is 0.259 e. The Balaban J connectivity index is 1.59. The van der Waals surface area contributed by atoms with Crippen LogP contribution in [-0.2, 0) is 19.4 Å². The molecule has 3 aromatic rings. The SMILES string of the molecule is COc1ccc(CN(C)C(C)c2nc3sc4c(c3c(=O)[nH]2)CCC(C)C4)cc1. The number of ether oxygens (including phenoxy) is 1. The summed E-state index contributed by atoms with van der Waals surface area (Å²) in [7, 11) is 3.73. The van der Waals surface area contributed by atoms with Crippen molar-refractivity contribution in [2.75, 3.05) is 14.2 Å². The molecule has 2 atom stereocenters. The lowest BCUT2D eigenvalue weighted by Crippen LogP contribution is -2.26. The minimum Gasteiger partial charge on any atom is -0.497 e. The third kappa shape index (κ3) is 3.59. The third-order valence-corrected chi connectivity index (χ3v) is 6.98. The molecule has 2 heterocycles.